The number of methoxy groups -OCH3 is 3. The number of benzene rings is 1. The molecule has 0 bridgehead atoms. The Kier molecular flexibility index (Phi) is 9.66. The third-order valence-corrected chi connectivity index (χ3v) is 6.26. The van der Waals surface area contributed by atoms with Gasteiger partial charge in [-0.3, -0.25) is 4.99 Å². The number of fused-ring (bicyclic) bond motifs is 3. The van der Waals surface area contributed by atoms with Gasteiger partial charge in [-0.25, -0.2) is 14.6 Å². The average molecular weight is 529 g/mol. The normalized spacial score (nSPS) is 19.7. The first-order valence-electron chi connectivity index (χ1n) is 12.1. The van der Waals surface area contributed by atoms with Crippen LogP contribution in [-0.2, 0) is 9.59 Å². The molecule has 38 heavy (non-hydrogen) atoms. The molecule has 1 aromatic carbocycles. The molecule has 3 atom stereocenters. The van der Waals surface area contributed by atoms with E-state index in [-0.39, 0.29) is 18.1 Å². The molecule has 0 saturated heterocycles. The Morgan fingerprint density at radius 1 is 0.947 bits per heavy atom. The third-order valence-electron chi connectivity index (χ3n) is 6.26. The highest BCUT2D eigenvalue weighted by Gasteiger charge is 2.38. The van der Waals surface area contributed by atoms with E-state index in [1.54, 1.807) is 33.6 Å². The average Bonchev–Trinajstić information content (AvgIpc) is 2.91. The Morgan fingerprint density at radius 3 is 2.21 bits per heavy atom. The third kappa shape index (κ3) is 6.60. The summed E-state index contributed by atoms with van der Waals surface area (Å²) in [7, 11) is 4.83. The van der Waals surface area contributed by atoms with Crippen LogP contribution in [0.25, 0.3) is 0 Å². The Morgan fingerprint density at radius 2 is 1.63 bits per heavy atom. The lowest BCUT2D eigenvalue weighted by molar-refractivity contribution is -0.134. The molecule has 11 heteroatoms. The summed E-state index contributed by atoms with van der Waals surface area (Å²) in [5.74, 6) is 0.107. The van der Waals surface area contributed by atoms with E-state index in [0.717, 1.165) is 35.2 Å². The van der Waals surface area contributed by atoms with Crippen molar-refractivity contribution < 1.29 is 43.9 Å². The van der Waals surface area contributed by atoms with Crippen molar-refractivity contribution in [1.82, 2.24) is 4.98 Å². The number of rotatable bonds is 8. The largest absolute Gasteiger partial charge is 0.496 e. The summed E-state index contributed by atoms with van der Waals surface area (Å²) >= 11 is 0. The monoisotopic (exact) mass is 528 g/mol. The lowest BCUT2D eigenvalue weighted by Crippen LogP contribution is -2.34. The summed E-state index contributed by atoms with van der Waals surface area (Å²) in [5.41, 5.74) is 3.69. The van der Waals surface area contributed by atoms with Crippen LogP contribution in [0.1, 0.15) is 48.8 Å². The van der Waals surface area contributed by atoms with Gasteiger partial charge < -0.3 is 34.3 Å². The number of carboxylic acids is 2. The van der Waals surface area contributed by atoms with Gasteiger partial charge in [0, 0.05) is 35.9 Å². The van der Waals surface area contributed by atoms with Crippen molar-refractivity contribution in [2.75, 3.05) is 27.9 Å². The van der Waals surface area contributed by atoms with Gasteiger partial charge in [-0.05, 0) is 43.9 Å². The van der Waals surface area contributed by atoms with Gasteiger partial charge in [-0.2, -0.15) is 0 Å². The maximum atomic E-state index is 10.3. The molecule has 1 fully saturated rings. The van der Waals surface area contributed by atoms with Gasteiger partial charge in [0.1, 0.15) is 5.75 Å². The van der Waals surface area contributed by atoms with E-state index in [2.05, 4.69) is 4.98 Å². The summed E-state index contributed by atoms with van der Waals surface area (Å²) in [6.45, 7) is 2.50. The van der Waals surface area contributed by atoms with Gasteiger partial charge in [0.25, 0.3) is 0 Å². The van der Waals surface area contributed by atoms with Crippen LogP contribution < -0.4 is 18.9 Å². The number of nitrogens with zero attached hydrogens (tertiary/aromatic N) is 2. The molecule has 2 aromatic rings. The highest BCUT2D eigenvalue weighted by Crippen LogP contribution is 2.45. The number of carboxylic acid groups (broad SMARTS) is 2. The van der Waals surface area contributed by atoms with E-state index < -0.39 is 11.9 Å². The molecule has 0 radical (unpaired) electrons. The smallest absolute Gasteiger partial charge is 0.328 e. The molecule has 0 unspecified atom stereocenters. The topological polar surface area (TPSA) is 157 Å². The molecular weight excluding hydrogens is 496 g/mol. The molecule has 2 heterocycles. The number of aliphatic imine (C=N–C) groups is 1. The number of ether oxygens (including phenoxy) is 4. The molecule has 11 nitrogen and oxygen atoms in total. The number of carbonyl (C=O) groups is 2. The van der Waals surface area contributed by atoms with Crippen LogP contribution in [0.4, 0.5) is 0 Å². The van der Waals surface area contributed by atoms with Crippen LogP contribution in [0.5, 0.6) is 23.1 Å². The minimum atomic E-state index is -1.26. The second-order valence-electron chi connectivity index (χ2n) is 8.58. The van der Waals surface area contributed by atoms with E-state index in [0.29, 0.717) is 48.3 Å². The summed E-state index contributed by atoms with van der Waals surface area (Å²) < 4.78 is 22.3. The van der Waals surface area contributed by atoms with Crippen molar-refractivity contribution in [2.24, 2.45) is 4.99 Å². The van der Waals surface area contributed by atoms with Crippen molar-refractivity contribution in [3.05, 3.63) is 53.2 Å². The van der Waals surface area contributed by atoms with Crippen molar-refractivity contribution in [3.63, 3.8) is 0 Å². The Bertz CT molecular complexity index is 1210. The SMILES string of the molecule is CCOc1cc2c(cc1OC)C(c1cnc(OC)cc1OC)=N[C@@H]1CC[C@@H](O)C[C@H]21.O=C(O)C=CC(=O)O. The first-order chi connectivity index (χ1) is 18.2. The van der Waals surface area contributed by atoms with Crippen molar-refractivity contribution in [2.45, 2.75) is 44.2 Å². The maximum absolute atomic E-state index is 10.3. The molecule has 1 aliphatic carbocycles. The molecule has 1 saturated carbocycles. The maximum Gasteiger partial charge on any atom is 0.328 e. The summed E-state index contributed by atoms with van der Waals surface area (Å²) in [6.07, 6.45) is 4.80. The van der Waals surface area contributed by atoms with E-state index in [9.17, 15) is 14.7 Å². The first-order valence-corrected chi connectivity index (χ1v) is 12.1. The molecule has 1 aromatic heterocycles. The van der Waals surface area contributed by atoms with E-state index in [1.165, 1.54) is 0 Å². The fourth-order valence-electron chi connectivity index (χ4n) is 4.61. The van der Waals surface area contributed by atoms with Crippen molar-refractivity contribution in [1.29, 1.82) is 0 Å². The van der Waals surface area contributed by atoms with Gasteiger partial charge in [-0.15, -0.1) is 0 Å². The lowest BCUT2D eigenvalue weighted by Gasteiger charge is -2.37. The van der Waals surface area contributed by atoms with Gasteiger partial charge >= 0.3 is 11.9 Å². The summed E-state index contributed by atoms with van der Waals surface area (Å²) in [5, 5.41) is 25.9. The van der Waals surface area contributed by atoms with E-state index in [1.807, 2.05) is 19.1 Å². The van der Waals surface area contributed by atoms with E-state index in [4.69, 9.17) is 34.2 Å². The minimum Gasteiger partial charge on any atom is -0.496 e. The highest BCUT2D eigenvalue weighted by atomic mass is 16.5. The zero-order valence-corrected chi connectivity index (χ0v) is 21.7. The summed E-state index contributed by atoms with van der Waals surface area (Å²) in [4.78, 5) is 28.6. The second kappa shape index (κ2) is 12.9. The number of aliphatic hydroxyl groups is 1. The van der Waals surface area contributed by atoms with Crippen molar-refractivity contribution in [3.8, 4) is 23.1 Å². The van der Waals surface area contributed by atoms with Gasteiger partial charge in [0.2, 0.25) is 5.88 Å². The minimum absolute atomic E-state index is 0.0885. The zero-order chi connectivity index (χ0) is 27.8. The number of hydrogen-bond donors (Lipinski definition) is 3. The van der Waals surface area contributed by atoms with Crippen LogP contribution in [-0.4, -0.2) is 78.0 Å². The molecule has 204 valence electrons. The Balaban J connectivity index is 0.000000436. The van der Waals surface area contributed by atoms with Crippen molar-refractivity contribution >= 4 is 17.7 Å². The van der Waals surface area contributed by atoms with Crippen LogP contribution in [0.3, 0.4) is 0 Å². The number of hydrogen-bond acceptors (Lipinski definition) is 9. The van der Waals surface area contributed by atoms with Crippen LogP contribution in [0.15, 0.2) is 41.5 Å². The molecule has 2 aliphatic rings. The van der Waals surface area contributed by atoms with Gasteiger partial charge in [-0.1, -0.05) is 0 Å². The number of aliphatic hydroxyl groups excluding tert-OH is 1. The fraction of sp³-hybridized carbons (Fsp3) is 0.407. The predicted molar refractivity (Wildman–Crippen MR) is 138 cm³/mol. The predicted octanol–water partition coefficient (Wildman–Crippen LogP) is 3.07. The Labute approximate surface area is 220 Å². The van der Waals surface area contributed by atoms with E-state index >= 15 is 0 Å². The molecule has 4 rings (SSSR count). The van der Waals surface area contributed by atoms with Crippen LogP contribution in [0, 0.1) is 0 Å². The summed E-state index contributed by atoms with van der Waals surface area (Å²) in [6, 6.07) is 5.87. The molecule has 0 amide bonds. The number of aromatic nitrogens is 1. The molecule has 1 aliphatic heterocycles. The highest BCUT2D eigenvalue weighted by molar-refractivity contribution is 6.16. The number of pyridine rings is 1. The van der Waals surface area contributed by atoms with Gasteiger partial charge in [0.15, 0.2) is 11.5 Å². The standard InChI is InChI=1S/C23H28N2O5.C4H4O4/c1-5-30-21-9-14-15-8-13(26)6-7-18(15)25-23(16(14)10-20(21)28-3)17-12-24-22(29-4)11-19(17)27-2;5-3(6)1-2-4(7)8/h9-13,15,18,26H,5-8H2,1-4H3;1-2H,(H,5,6)(H,7,8)/t13-,15-,18-;/m1./s1. The van der Waals surface area contributed by atoms with Gasteiger partial charge in [0.05, 0.1) is 51.4 Å². The molecular formula is C27H32N2O9. The fourth-order valence-corrected chi connectivity index (χ4v) is 4.61. The quantitative estimate of drug-likeness (QED) is 0.435. The second-order valence-corrected chi connectivity index (χ2v) is 8.58. The zero-order valence-electron chi connectivity index (χ0n) is 21.7. The lowest BCUT2D eigenvalue weighted by atomic mass is 9.74. The molecule has 0 spiro atoms. The first kappa shape index (κ1) is 28.5. The molecule has 3 N–H and O–H groups in total. The Hall–Kier alpha value is -4.12. The van der Waals surface area contributed by atoms with Crippen LogP contribution >= 0.6 is 0 Å². The number of aliphatic carboxylic acids is 2. The van der Waals surface area contributed by atoms with Crippen LogP contribution in [0.2, 0.25) is 0 Å².